The van der Waals surface area contributed by atoms with Gasteiger partial charge >= 0.3 is 0 Å². The predicted molar refractivity (Wildman–Crippen MR) is 81.7 cm³/mol. The summed E-state index contributed by atoms with van der Waals surface area (Å²) >= 11 is 0. The summed E-state index contributed by atoms with van der Waals surface area (Å²) in [4.78, 5) is 2.50. The third-order valence-corrected chi connectivity index (χ3v) is 4.92. The summed E-state index contributed by atoms with van der Waals surface area (Å²) in [6, 6.07) is 7.53. The second-order valence-electron chi connectivity index (χ2n) is 6.31. The van der Waals surface area contributed by atoms with Crippen molar-refractivity contribution in [1.29, 1.82) is 0 Å². The fourth-order valence-electron chi connectivity index (χ4n) is 4.00. The molecular formula is C17H25FN2. The number of fused-ring (bicyclic) bond motifs is 2. The molecule has 0 spiro atoms. The third-order valence-electron chi connectivity index (χ3n) is 4.92. The summed E-state index contributed by atoms with van der Waals surface area (Å²) in [5.74, 6) is -0.0746. The second-order valence-corrected chi connectivity index (χ2v) is 6.31. The van der Waals surface area contributed by atoms with Crippen LogP contribution in [0.2, 0.25) is 0 Å². The summed E-state index contributed by atoms with van der Waals surface area (Å²) in [6.45, 7) is 5.05. The largest absolute Gasteiger partial charge is 0.365 e. The maximum Gasteiger partial charge on any atom is 0.128 e. The van der Waals surface area contributed by atoms with E-state index in [1.54, 1.807) is 6.07 Å². The molecule has 2 unspecified atom stereocenters. The molecule has 3 rings (SSSR count). The van der Waals surface area contributed by atoms with Gasteiger partial charge in [0.15, 0.2) is 0 Å². The van der Waals surface area contributed by atoms with Gasteiger partial charge in [-0.05, 0) is 63.3 Å². The summed E-state index contributed by atoms with van der Waals surface area (Å²) in [6.07, 6.45) is 6.19. The zero-order valence-electron chi connectivity index (χ0n) is 12.5. The first-order chi connectivity index (χ1) is 9.69. The summed E-state index contributed by atoms with van der Waals surface area (Å²) < 4.78 is 13.9. The smallest absolute Gasteiger partial charge is 0.128 e. The number of nitrogens with one attached hydrogen (secondary N) is 1. The maximum atomic E-state index is 13.9. The van der Waals surface area contributed by atoms with Crippen molar-refractivity contribution in [2.45, 2.75) is 64.1 Å². The molecule has 0 radical (unpaired) electrons. The van der Waals surface area contributed by atoms with Crippen LogP contribution in [-0.4, -0.2) is 24.7 Å². The van der Waals surface area contributed by atoms with E-state index in [9.17, 15) is 4.39 Å². The third kappa shape index (κ3) is 2.56. The fourth-order valence-corrected chi connectivity index (χ4v) is 4.00. The monoisotopic (exact) mass is 276 g/mol. The number of hydrogen-bond acceptors (Lipinski definition) is 2. The van der Waals surface area contributed by atoms with Crippen LogP contribution in [-0.2, 0) is 0 Å². The van der Waals surface area contributed by atoms with Gasteiger partial charge in [-0.25, -0.2) is 4.39 Å². The molecule has 2 fully saturated rings. The average Bonchev–Trinajstić information content (AvgIpc) is 2.41. The van der Waals surface area contributed by atoms with Crippen LogP contribution in [0.1, 0.15) is 44.6 Å². The molecule has 0 aromatic heterocycles. The Morgan fingerprint density at radius 1 is 1.25 bits per heavy atom. The predicted octanol–water partition coefficient (Wildman–Crippen LogP) is 3.63. The number of piperidine rings is 2. The first-order valence-electron chi connectivity index (χ1n) is 7.97. The normalized spacial score (nSPS) is 29.6. The molecule has 2 heterocycles. The fraction of sp³-hybridized carbons (Fsp3) is 0.647. The Hall–Kier alpha value is -1.09. The number of nitrogens with zero attached hydrogens (tertiary/aromatic N) is 1. The molecule has 0 saturated carbocycles. The zero-order chi connectivity index (χ0) is 14.1. The number of rotatable bonds is 3. The van der Waals surface area contributed by atoms with Crippen molar-refractivity contribution in [2.75, 3.05) is 11.4 Å². The van der Waals surface area contributed by atoms with Crippen LogP contribution in [0.5, 0.6) is 0 Å². The molecule has 2 aliphatic rings. The van der Waals surface area contributed by atoms with Crippen molar-refractivity contribution in [1.82, 2.24) is 5.32 Å². The van der Waals surface area contributed by atoms with Gasteiger partial charge in [0, 0.05) is 23.8 Å². The average molecular weight is 276 g/mol. The highest BCUT2D eigenvalue weighted by Gasteiger charge is 2.38. The SMILES string of the molecule is CCNC1CC2CCCC(C1)N2c1ccc(C)c(F)c1. The molecule has 0 aliphatic carbocycles. The topological polar surface area (TPSA) is 15.3 Å². The van der Waals surface area contributed by atoms with E-state index in [4.69, 9.17) is 0 Å². The van der Waals surface area contributed by atoms with Crippen molar-refractivity contribution in [2.24, 2.45) is 0 Å². The van der Waals surface area contributed by atoms with Gasteiger partial charge in [0.2, 0.25) is 0 Å². The highest BCUT2D eigenvalue weighted by Crippen LogP contribution is 2.38. The zero-order valence-corrected chi connectivity index (χ0v) is 12.5. The van der Waals surface area contributed by atoms with Crippen molar-refractivity contribution in [3.8, 4) is 0 Å². The van der Waals surface area contributed by atoms with Gasteiger partial charge in [-0.15, -0.1) is 0 Å². The minimum atomic E-state index is -0.0746. The highest BCUT2D eigenvalue weighted by atomic mass is 19.1. The molecule has 2 aliphatic heterocycles. The molecule has 3 heteroatoms. The van der Waals surface area contributed by atoms with Crippen molar-refractivity contribution in [3.05, 3.63) is 29.6 Å². The Bertz CT molecular complexity index is 460. The Balaban J connectivity index is 1.84. The molecule has 1 aromatic rings. The summed E-state index contributed by atoms with van der Waals surface area (Å²) in [5.41, 5.74) is 1.82. The van der Waals surface area contributed by atoms with E-state index in [0.29, 0.717) is 18.1 Å². The quantitative estimate of drug-likeness (QED) is 0.907. The lowest BCUT2D eigenvalue weighted by Gasteiger charge is -2.50. The number of hydrogen-bond donors (Lipinski definition) is 1. The van der Waals surface area contributed by atoms with E-state index in [1.165, 1.54) is 32.1 Å². The van der Waals surface area contributed by atoms with E-state index in [0.717, 1.165) is 17.8 Å². The molecule has 20 heavy (non-hydrogen) atoms. The number of anilines is 1. The van der Waals surface area contributed by atoms with E-state index < -0.39 is 0 Å². The van der Waals surface area contributed by atoms with Crippen molar-refractivity contribution < 1.29 is 4.39 Å². The molecule has 110 valence electrons. The molecular weight excluding hydrogens is 251 g/mol. The van der Waals surface area contributed by atoms with E-state index >= 15 is 0 Å². The second kappa shape index (κ2) is 5.72. The van der Waals surface area contributed by atoms with Crippen molar-refractivity contribution in [3.63, 3.8) is 0 Å². The Labute approximate surface area is 121 Å². The van der Waals surface area contributed by atoms with Crippen LogP contribution in [0, 0.1) is 12.7 Å². The lowest BCUT2D eigenvalue weighted by Crippen LogP contribution is -2.56. The van der Waals surface area contributed by atoms with Crippen LogP contribution in [0.3, 0.4) is 0 Å². The molecule has 1 aromatic carbocycles. The molecule has 1 N–H and O–H groups in total. The minimum Gasteiger partial charge on any atom is -0.365 e. The summed E-state index contributed by atoms with van der Waals surface area (Å²) in [7, 11) is 0. The van der Waals surface area contributed by atoms with Gasteiger partial charge in [-0.1, -0.05) is 13.0 Å². The number of benzene rings is 1. The van der Waals surface area contributed by atoms with Gasteiger partial charge in [0.05, 0.1) is 0 Å². The van der Waals surface area contributed by atoms with Crippen LogP contribution < -0.4 is 10.2 Å². The number of halogens is 1. The minimum absolute atomic E-state index is 0.0746. The lowest BCUT2D eigenvalue weighted by molar-refractivity contribution is 0.247. The molecule has 2 saturated heterocycles. The van der Waals surface area contributed by atoms with Crippen LogP contribution in [0.15, 0.2) is 18.2 Å². The first-order valence-corrected chi connectivity index (χ1v) is 7.97. The van der Waals surface area contributed by atoms with E-state index in [-0.39, 0.29) is 5.82 Å². The van der Waals surface area contributed by atoms with Crippen LogP contribution in [0.25, 0.3) is 0 Å². The molecule has 2 atom stereocenters. The van der Waals surface area contributed by atoms with E-state index in [2.05, 4.69) is 23.2 Å². The van der Waals surface area contributed by atoms with Gasteiger partial charge in [-0.3, -0.25) is 0 Å². The number of aryl methyl sites for hydroxylation is 1. The van der Waals surface area contributed by atoms with Gasteiger partial charge < -0.3 is 10.2 Å². The Morgan fingerprint density at radius 2 is 1.95 bits per heavy atom. The van der Waals surface area contributed by atoms with Gasteiger partial charge in [-0.2, -0.15) is 0 Å². The summed E-state index contributed by atoms with van der Waals surface area (Å²) in [5, 5.41) is 3.60. The van der Waals surface area contributed by atoms with Gasteiger partial charge in [0.25, 0.3) is 0 Å². The standard InChI is InChI=1S/C17H25FN2/c1-3-19-13-9-14-5-4-6-15(10-13)20(14)16-8-7-12(2)17(18)11-16/h7-8,11,13-15,19H,3-6,9-10H2,1-2H3. The van der Waals surface area contributed by atoms with Crippen LogP contribution in [0.4, 0.5) is 10.1 Å². The Kier molecular flexibility index (Phi) is 3.97. The first kappa shape index (κ1) is 13.9. The molecule has 2 nitrogen and oxygen atoms in total. The van der Waals surface area contributed by atoms with E-state index in [1.807, 2.05) is 13.0 Å². The Morgan fingerprint density at radius 3 is 2.55 bits per heavy atom. The van der Waals surface area contributed by atoms with Gasteiger partial charge in [0.1, 0.15) is 5.82 Å². The maximum absolute atomic E-state index is 13.9. The molecule has 0 amide bonds. The highest BCUT2D eigenvalue weighted by molar-refractivity contribution is 5.51. The van der Waals surface area contributed by atoms with Crippen LogP contribution >= 0.6 is 0 Å². The van der Waals surface area contributed by atoms with Crippen molar-refractivity contribution >= 4 is 5.69 Å². The lowest BCUT2D eigenvalue weighted by atomic mass is 9.81. The molecule has 2 bridgehead atoms.